The van der Waals surface area contributed by atoms with Gasteiger partial charge < -0.3 is 10.6 Å². The van der Waals surface area contributed by atoms with Crippen molar-refractivity contribution in [2.24, 2.45) is 4.99 Å². The normalized spacial score (nSPS) is 22.9. The summed E-state index contributed by atoms with van der Waals surface area (Å²) in [6.07, 6.45) is 5.14. The quantitative estimate of drug-likeness (QED) is 0.279. The largest absolute Gasteiger partial charge is 0.355 e. The maximum Gasteiger partial charge on any atom is 0.215 e. The maximum absolute atomic E-state index is 12.4. The summed E-state index contributed by atoms with van der Waals surface area (Å²) in [5.41, 5.74) is 0. The third kappa shape index (κ3) is 8.63. The predicted molar refractivity (Wildman–Crippen MR) is 127 cm³/mol. The third-order valence-corrected chi connectivity index (χ3v) is 7.97. The van der Waals surface area contributed by atoms with Gasteiger partial charge in [0.25, 0.3) is 0 Å². The molecule has 0 aromatic carbocycles. The summed E-state index contributed by atoms with van der Waals surface area (Å²) in [5.74, 6) is 2.58. The Morgan fingerprint density at radius 1 is 1.15 bits per heavy atom. The summed E-state index contributed by atoms with van der Waals surface area (Å²) in [7, 11) is -1.45. The van der Waals surface area contributed by atoms with Crippen molar-refractivity contribution in [1.29, 1.82) is 0 Å². The van der Waals surface area contributed by atoms with E-state index in [1.54, 1.807) is 11.4 Å². The first-order valence-corrected chi connectivity index (χ1v) is 12.6. The minimum Gasteiger partial charge on any atom is -0.355 e. The first-order valence-electron chi connectivity index (χ1n) is 9.81. The van der Waals surface area contributed by atoms with Crippen LogP contribution < -0.4 is 10.6 Å². The van der Waals surface area contributed by atoms with Gasteiger partial charge in [0.1, 0.15) is 0 Å². The van der Waals surface area contributed by atoms with Crippen LogP contribution in [0.2, 0.25) is 0 Å². The molecule has 0 radical (unpaired) electrons. The molecule has 2 aliphatic heterocycles. The summed E-state index contributed by atoms with van der Waals surface area (Å²) in [4.78, 5) is 6.76. The van der Waals surface area contributed by atoms with E-state index in [1.807, 2.05) is 11.8 Å². The van der Waals surface area contributed by atoms with Gasteiger partial charge in [-0.3, -0.25) is 9.89 Å². The number of hydrogen-bond donors (Lipinski definition) is 2. The maximum atomic E-state index is 12.4. The molecule has 2 rings (SSSR count). The van der Waals surface area contributed by atoms with E-state index in [1.165, 1.54) is 32.2 Å². The topological polar surface area (TPSA) is 77.0 Å². The lowest BCUT2D eigenvalue weighted by atomic mass is 10.0. The van der Waals surface area contributed by atoms with Gasteiger partial charge in [0.05, 0.1) is 5.75 Å². The first-order chi connectivity index (χ1) is 12.6. The van der Waals surface area contributed by atoms with E-state index < -0.39 is 10.0 Å². The van der Waals surface area contributed by atoms with E-state index >= 15 is 0 Å². The Bertz CT molecular complexity index is 541. The van der Waals surface area contributed by atoms with Gasteiger partial charge in [0, 0.05) is 57.3 Å². The fourth-order valence-corrected chi connectivity index (χ4v) is 6.10. The Labute approximate surface area is 186 Å². The molecule has 2 heterocycles. The van der Waals surface area contributed by atoms with E-state index in [9.17, 15) is 8.42 Å². The molecule has 0 aliphatic carbocycles. The minimum absolute atomic E-state index is 0. The smallest absolute Gasteiger partial charge is 0.215 e. The number of piperidine rings is 1. The van der Waals surface area contributed by atoms with Crippen LogP contribution in [0.1, 0.15) is 32.6 Å². The van der Waals surface area contributed by atoms with Crippen LogP contribution in [0.25, 0.3) is 0 Å². The lowest BCUT2D eigenvalue weighted by Crippen LogP contribution is -2.47. The van der Waals surface area contributed by atoms with Crippen molar-refractivity contribution in [2.75, 3.05) is 63.6 Å². The number of rotatable bonds is 8. The Morgan fingerprint density at radius 3 is 2.52 bits per heavy atom. The fraction of sp³-hybridized carbons (Fsp3) is 0.941. The van der Waals surface area contributed by atoms with Gasteiger partial charge in [-0.05, 0) is 25.8 Å². The average molecular weight is 534 g/mol. The van der Waals surface area contributed by atoms with E-state index in [0.717, 1.165) is 24.6 Å². The molecule has 2 saturated heterocycles. The zero-order valence-corrected chi connectivity index (χ0v) is 20.6. The van der Waals surface area contributed by atoms with Gasteiger partial charge in [-0.1, -0.05) is 13.3 Å². The molecular weight excluding hydrogens is 497 g/mol. The lowest BCUT2D eigenvalue weighted by molar-refractivity contribution is 0.147. The lowest BCUT2D eigenvalue weighted by Gasteiger charge is -2.35. The standard InChI is InChI=1S/C17H35N5O2S2.HI/c1-3-16-6-4-5-9-21(16)10-7-19-17(18-2)20-8-15-26(23,24)22-11-13-25-14-12-22;/h16H,3-15H2,1-2H3,(H2,18,19,20);1H. The molecule has 7 nitrogen and oxygen atoms in total. The molecule has 0 spiro atoms. The van der Waals surface area contributed by atoms with Crippen LogP contribution in [0.3, 0.4) is 0 Å². The number of hydrogen-bond acceptors (Lipinski definition) is 5. The van der Waals surface area contributed by atoms with Crippen molar-refractivity contribution in [3.05, 3.63) is 0 Å². The molecule has 0 saturated carbocycles. The summed E-state index contributed by atoms with van der Waals surface area (Å²) in [5, 5.41) is 6.45. The van der Waals surface area contributed by atoms with Crippen molar-refractivity contribution in [3.8, 4) is 0 Å². The first kappa shape index (κ1) is 25.3. The Kier molecular flexibility index (Phi) is 12.6. The van der Waals surface area contributed by atoms with Crippen LogP contribution in [0.15, 0.2) is 4.99 Å². The van der Waals surface area contributed by atoms with Crippen LogP contribution in [-0.2, 0) is 10.0 Å². The van der Waals surface area contributed by atoms with Gasteiger partial charge in [0.15, 0.2) is 5.96 Å². The summed E-state index contributed by atoms with van der Waals surface area (Å²) < 4.78 is 26.3. The predicted octanol–water partition coefficient (Wildman–Crippen LogP) is 1.41. The SMILES string of the molecule is CCC1CCCCN1CCNC(=NC)NCCS(=O)(=O)N1CCSCC1.I. The highest BCUT2D eigenvalue weighted by atomic mass is 127. The van der Waals surface area contributed by atoms with Crippen LogP contribution in [0.5, 0.6) is 0 Å². The number of nitrogens with one attached hydrogen (secondary N) is 2. The van der Waals surface area contributed by atoms with Gasteiger partial charge in [-0.25, -0.2) is 12.7 Å². The van der Waals surface area contributed by atoms with E-state index in [2.05, 4.69) is 27.4 Å². The number of sulfonamides is 1. The van der Waals surface area contributed by atoms with Crippen LogP contribution in [0, 0.1) is 0 Å². The molecule has 10 heteroatoms. The number of likely N-dealkylation sites (tertiary alicyclic amines) is 1. The highest BCUT2D eigenvalue weighted by Crippen LogP contribution is 2.18. The molecule has 0 aromatic heterocycles. The van der Waals surface area contributed by atoms with Crippen molar-refractivity contribution in [2.45, 2.75) is 38.6 Å². The van der Waals surface area contributed by atoms with Crippen molar-refractivity contribution in [3.63, 3.8) is 0 Å². The molecule has 0 aromatic rings. The van der Waals surface area contributed by atoms with Crippen molar-refractivity contribution in [1.82, 2.24) is 19.8 Å². The zero-order valence-electron chi connectivity index (χ0n) is 16.7. The van der Waals surface area contributed by atoms with Crippen molar-refractivity contribution < 1.29 is 8.42 Å². The number of thioether (sulfide) groups is 1. The van der Waals surface area contributed by atoms with Crippen LogP contribution in [0.4, 0.5) is 0 Å². The van der Waals surface area contributed by atoms with Gasteiger partial charge in [0.2, 0.25) is 10.0 Å². The van der Waals surface area contributed by atoms with Gasteiger partial charge >= 0.3 is 0 Å². The third-order valence-electron chi connectivity index (χ3n) is 5.15. The highest BCUT2D eigenvalue weighted by Gasteiger charge is 2.24. The second-order valence-electron chi connectivity index (χ2n) is 6.85. The number of aliphatic imine (C=N–C) groups is 1. The molecule has 0 amide bonds. The highest BCUT2D eigenvalue weighted by molar-refractivity contribution is 14.0. The number of halogens is 1. The Balaban J connectivity index is 0.00000364. The molecule has 2 N–H and O–H groups in total. The van der Waals surface area contributed by atoms with Crippen LogP contribution >= 0.6 is 35.7 Å². The fourth-order valence-electron chi connectivity index (χ4n) is 3.61. The monoisotopic (exact) mass is 533 g/mol. The van der Waals surface area contributed by atoms with Gasteiger partial charge in [-0.15, -0.1) is 24.0 Å². The summed E-state index contributed by atoms with van der Waals surface area (Å²) >= 11 is 1.81. The second-order valence-corrected chi connectivity index (χ2v) is 10.2. The number of guanidine groups is 1. The molecule has 160 valence electrons. The van der Waals surface area contributed by atoms with Crippen LogP contribution in [-0.4, -0.2) is 93.2 Å². The minimum atomic E-state index is -3.17. The molecule has 27 heavy (non-hydrogen) atoms. The Morgan fingerprint density at radius 2 is 1.85 bits per heavy atom. The molecule has 1 atom stereocenters. The summed E-state index contributed by atoms with van der Waals surface area (Å²) in [6, 6.07) is 0.702. The van der Waals surface area contributed by atoms with E-state index in [0.29, 0.717) is 31.6 Å². The van der Waals surface area contributed by atoms with Gasteiger partial charge in [-0.2, -0.15) is 11.8 Å². The molecule has 2 aliphatic rings. The molecule has 2 fully saturated rings. The summed E-state index contributed by atoms with van der Waals surface area (Å²) in [6.45, 7) is 6.92. The van der Waals surface area contributed by atoms with E-state index in [-0.39, 0.29) is 29.7 Å². The molecule has 1 unspecified atom stereocenters. The Hall–Kier alpha value is 0.220. The van der Waals surface area contributed by atoms with Crippen molar-refractivity contribution >= 4 is 51.7 Å². The molecular formula is C17H36IN5O2S2. The average Bonchev–Trinajstić information content (AvgIpc) is 2.67. The second kappa shape index (κ2) is 13.4. The van der Waals surface area contributed by atoms with E-state index in [4.69, 9.17) is 0 Å². The molecule has 0 bridgehead atoms. The number of nitrogens with zero attached hydrogens (tertiary/aromatic N) is 3. The zero-order chi connectivity index (χ0) is 18.8.